The summed E-state index contributed by atoms with van der Waals surface area (Å²) in [5, 5.41) is 3.00. The Morgan fingerprint density at radius 1 is 1.26 bits per heavy atom. The van der Waals surface area contributed by atoms with Gasteiger partial charge in [0.2, 0.25) is 0 Å². The fourth-order valence-electron chi connectivity index (χ4n) is 2.32. The number of nitrogen functional groups attached to an aromatic ring is 1. The van der Waals surface area contributed by atoms with E-state index in [0.29, 0.717) is 0 Å². The second-order valence-corrected chi connectivity index (χ2v) is 5.23. The number of amides is 1. The number of carbonyl (C=O) groups excluding carboxylic acids is 1. The Morgan fingerprint density at radius 3 is 2.57 bits per heavy atom. The molecule has 0 aliphatic carbocycles. The van der Waals surface area contributed by atoms with Gasteiger partial charge in [-0.2, -0.15) is 0 Å². The van der Waals surface area contributed by atoms with Crippen LogP contribution in [-0.4, -0.2) is 23.0 Å². The van der Waals surface area contributed by atoms with Crippen LogP contribution in [0.4, 0.5) is 5.82 Å². The third kappa shape index (κ3) is 4.42. The Morgan fingerprint density at radius 2 is 1.96 bits per heavy atom. The first-order valence-electron chi connectivity index (χ1n) is 7.67. The van der Waals surface area contributed by atoms with E-state index in [2.05, 4.69) is 22.2 Å². The summed E-state index contributed by atoms with van der Waals surface area (Å²) in [7, 11) is 1.63. The van der Waals surface area contributed by atoms with Crippen LogP contribution in [0.5, 0.6) is 5.75 Å². The van der Waals surface area contributed by atoms with Gasteiger partial charge in [-0.25, -0.2) is 9.97 Å². The second-order valence-electron chi connectivity index (χ2n) is 5.23. The zero-order valence-electron chi connectivity index (χ0n) is 13.5. The van der Waals surface area contributed by atoms with Gasteiger partial charge in [0.05, 0.1) is 13.2 Å². The number of nitrogens with two attached hydrogens (primary N) is 1. The van der Waals surface area contributed by atoms with E-state index >= 15 is 0 Å². The van der Waals surface area contributed by atoms with Crippen molar-refractivity contribution in [1.29, 1.82) is 0 Å². The summed E-state index contributed by atoms with van der Waals surface area (Å²) in [4.78, 5) is 20.3. The predicted octanol–water partition coefficient (Wildman–Crippen LogP) is 2.73. The Kier molecular flexibility index (Phi) is 5.91. The molecule has 0 radical (unpaired) electrons. The molecule has 0 spiro atoms. The van der Waals surface area contributed by atoms with Crippen molar-refractivity contribution in [2.24, 2.45) is 0 Å². The van der Waals surface area contributed by atoms with Crippen LogP contribution in [0.2, 0.25) is 0 Å². The Bertz CT molecular complexity index is 643. The minimum absolute atomic E-state index is 0.102. The molecule has 1 aromatic heterocycles. The molecular weight excluding hydrogens is 292 g/mol. The van der Waals surface area contributed by atoms with E-state index in [-0.39, 0.29) is 23.5 Å². The van der Waals surface area contributed by atoms with Gasteiger partial charge < -0.3 is 15.8 Å². The standard InChI is InChI=1S/C17H22N4O2/c1-3-4-5-14(12-6-8-13(23-2)9-7-12)21-17(22)15-16(18)20-11-10-19-15/h6-11,14H,3-5H2,1-2H3,(H2,18,20)(H,21,22). The molecule has 0 aliphatic heterocycles. The van der Waals surface area contributed by atoms with Gasteiger partial charge in [-0.05, 0) is 24.1 Å². The van der Waals surface area contributed by atoms with E-state index in [0.717, 1.165) is 30.6 Å². The van der Waals surface area contributed by atoms with E-state index in [1.807, 2.05) is 24.3 Å². The Balaban J connectivity index is 2.17. The topological polar surface area (TPSA) is 90.1 Å². The highest BCUT2D eigenvalue weighted by Crippen LogP contribution is 2.23. The van der Waals surface area contributed by atoms with Crippen molar-refractivity contribution in [2.45, 2.75) is 32.2 Å². The van der Waals surface area contributed by atoms with Gasteiger partial charge >= 0.3 is 0 Å². The molecule has 3 N–H and O–H groups in total. The van der Waals surface area contributed by atoms with Gasteiger partial charge in [-0.15, -0.1) is 0 Å². The molecule has 0 saturated heterocycles. The minimum atomic E-state index is -0.312. The van der Waals surface area contributed by atoms with Crippen molar-refractivity contribution in [2.75, 3.05) is 12.8 Å². The lowest BCUT2D eigenvalue weighted by atomic mass is 10.0. The number of nitrogens with zero attached hydrogens (tertiary/aromatic N) is 2. The second kappa shape index (κ2) is 8.12. The lowest BCUT2D eigenvalue weighted by Gasteiger charge is -2.19. The number of anilines is 1. The molecule has 0 saturated carbocycles. The van der Waals surface area contributed by atoms with E-state index in [9.17, 15) is 4.79 Å². The molecule has 1 atom stereocenters. The summed E-state index contributed by atoms with van der Waals surface area (Å²) in [5.41, 5.74) is 6.90. The smallest absolute Gasteiger partial charge is 0.274 e. The summed E-state index contributed by atoms with van der Waals surface area (Å²) < 4.78 is 5.17. The third-order valence-electron chi connectivity index (χ3n) is 3.61. The maximum absolute atomic E-state index is 12.4. The van der Waals surface area contributed by atoms with Crippen LogP contribution in [0.15, 0.2) is 36.7 Å². The number of rotatable bonds is 7. The van der Waals surface area contributed by atoms with Crippen molar-refractivity contribution in [1.82, 2.24) is 15.3 Å². The number of benzene rings is 1. The van der Waals surface area contributed by atoms with Gasteiger partial charge in [0.25, 0.3) is 5.91 Å². The molecule has 6 nitrogen and oxygen atoms in total. The van der Waals surface area contributed by atoms with Gasteiger partial charge in [0.15, 0.2) is 11.5 Å². The summed E-state index contributed by atoms with van der Waals surface area (Å²) in [6.07, 6.45) is 5.82. The van der Waals surface area contributed by atoms with Crippen molar-refractivity contribution >= 4 is 11.7 Å². The fourth-order valence-corrected chi connectivity index (χ4v) is 2.32. The first kappa shape index (κ1) is 16.7. The molecule has 1 heterocycles. The van der Waals surface area contributed by atoms with Crippen LogP contribution < -0.4 is 15.8 Å². The van der Waals surface area contributed by atoms with E-state index in [1.54, 1.807) is 7.11 Å². The lowest BCUT2D eigenvalue weighted by molar-refractivity contribution is 0.0929. The number of unbranched alkanes of at least 4 members (excludes halogenated alkanes) is 1. The zero-order chi connectivity index (χ0) is 16.7. The maximum Gasteiger partial charge on any atom is 0.274 e. The summed E-state index contributed by atoms with van der Waals surface area (Å²) in [5.74, 6) is 0.606. The molecule has 0 aliphatic rings. The molecule has 1 amide bonds. The highest BCUT2D eigenvalue weighted by molar-refractivity contribution is 5.96. The van der Waals surface area contributed by atoms with E-state index in [4.69, 9.17) is 10.5 Å². The molecule has 23 heavy (non-hydrogen) atoms. The highest BCUT2D eigenvalue weighted by atomic mass is 16.5. The largest absolute Gasteiger partial charge is 0.497 e. The van der Waals surface area contributed by atoms with Crippen molar-refractivity contribution in [3.8, 4) is 5.75 Å². The van der Waals surface area contributed by atoms with Crippen LogP contribution in [0.3, 0.4) is 0 Å². The zero-order valence-corrected chi connectivity index (χ0v) is 13.5. The number of nitrogens with one attached hydrogen (secondary N) is 1. The monoisotopic (exact) mass is 314 g/mol. The molecule has 2 rings (SSSR count). The Labute approximate surface area is 136 Å². The average Bonchev–Trinajstić information content (AvgIpc) is 2.59. The van der Waals surface area contributed by atoms with Crippen LogP contribution in [0.1, 0.15) is 48.3 Å². The minimum Gasteiger partial charge on any atom is -0.497 e. The molecule has 122 valence electrons. The van der Waals surface area contributed by atoms with Gasteiger partial charge in [-0.3, -0.25) is 4.79 Å². The quantitative estimate of drug-likeness (QED) is 0.820. The summed E-state index contributed by atoms with van der Waals surface area (Å²) in [6, 6.07) is 7.59. The van der Waals surface area contributed by atoms with Crippen molar-refractivity contribution in [3.05, 3.63) is 47.9 Å². The average molecular weight is 314 g/mol. The van der Waals surface area contributed by atoms with Gasteiger partial charge in [-0.1, -0.05) is 31.9 Å². The number of ether oxygens (including phenoxy) is 1. The Hall–Kier alpha value is -2.63. The number of hydrogen-bond donors (Lipinski definition) is 2. The first-order chi connectivity index (χ1) is 11.2. The van der Waals surface area contributed by atoms with Gasteiger partial charge in [0, 0.05) is 12.4 Å². The molecule has 0 bridgehead atoms. The third-order valence-corrected chi connectivity index (χ3v) is 3.61. The molecular formula is C17H22N4O2. The number of carbonyl (C=O) groups is 1. The summed E-state index contributed by atoms with van der Waals surface area (Å²) >= 11 is 0. The summed E-state index contributed by atoms with van der Waals surface area (Å²) in [6.45, 7) is 2.12. The van der Waals surface area contributed by atoms with Crippen LogP contribution >= 0.6 is 0 Å². The van der Waals surface area contributed by atoms with Crippen LogP contribution in [0.25, 0.3) is 0 Å². The molecule has 1 aromatic carbocycles. The fraction of sp³-hybridized carbons (Fsp3) is 0.353. The highest BCUT2D eigenvalue weighted by Gasteiger charge is 2.18. The SMILES string of the molecule is CCCCC(NC(=O)c1nccnc1N)c1ccc(OC)cc1. The molecule has 2 aromatic rings. The van der Waals surface area contributed by atoms with Crippen molar-refractivity contribution in [3.63, 3.8) is 0 Å². The van der Waals surface area contributed by atoms with E-state index in [1.165, 1.54) is 12.4 Å². The van der Waals surface area contributed by atoms with Crippen LogP contribution in [0, 0.1) is 0 Å². The maximum atomic E-state index is 12.4. The molecule has 0 fully saturated rings. The van der Waals surface area contributed by atoms with E-state index < -0.39 is 0 Å². The molecule has 1 unspecified atom stereocenters. The normalized spacial score (nSPS) is 11.7. The van der Waals surface area contributed by atoms with Gasteiger partial charge in [0.1, 0.15) is 5.75 Å². The molecule has 6 heteroatoms. The lowest BCUT2D eigenvalue weighted by Crippen LogP contribution is -2.30. The number of aromatic nitrogens is 2. The van der Waals surface area contributed by atoms with Crippen LogP contribution in [-0.2, 0) is 0 Å². The predicted molar refractivity (Wildman–Crippen MR) is 89.2 cm³/mol. The first-order valence-corrected chi connectivity index (χ1v) is 7.67. The number of methoxy groups -OCH3 is 1. The van der Waals surface area contributed by atoms with Crippen molar-refractivity contribution < 1.29 is 9.53 Å². The number of hydrogen-bond acceptors (Lipinski definition) is 5.